The Balaban J connectivity index is 2.01. The molecule has 2 aromatic carbocycles. The molecule has 1 amide bonds. The molecule has 0 unspecified atom stereocenters. The predicted molar refractivity (Wildman–Crippen MR) is 75.3 cm³/mol. The second kappa shape index (κ2) is 4.69. The molecule has 0 fully saturated rings. The number of aryl methyl sites for hydroxylation is 1. The van der Waals surface area contributed by atoms with E-state index in [1.165, 1.54) is 5.56 Å². The quantitative estimate of drug-likeness (QED) is 0.830. The average molecular weight is 250 g/mol. The van der Waals surface area contributed by atoms with Gasteiger partial charge >= 0.3 is 0 Å². The molecule has 19 heavy (non-hydrogen) atoms. The zero-order valence-electron chi connectivity index (χ0n) is 10.7. The number of carbonyl (C=O) groups is 1. The summed E-state index contributed by atoms with van der Waals surface area (Å²) < 4.78 is 0. The summed E-state index contributed by atoms with van der Waals surface area (Å²) in [6.45, 7) is 2.05. The number of hydrogen-bond donors (Lipinski definition) is 1. The van der Waals surface area contributed by atoms with Crippen LogP contribution >= 0.6 is 0 Å². The van der Waals surface area contributed by atoms with E-state index in [4.69, 9.17) is 0 Å². The molecule has 1 aliphatic rings. The molecule has 1 N–H and O–H groups in total. The smallest absolute Gasteiger partial charge is 0.267 e. The lowest BCUT2D eigenvalue weighted by Gasteiger charge is -2.05. The third-order valence-corrected chi connectivity index (χ3v) is 3.30. The van der Waals surface area contributed by atoms with Gasteiger partial charge in [0.2, 0.25) is 0 Å². The molecule has 0 saturated heterocycles. The Labute approximate surface area is 112 Å². The van der Waals surface area contributed by atoms with Gasteiger partial charge in [0, 0.05) is 12.0 Å². The number of hydrazone groups is 1. The highest BCUT2D eigenvalue weighted by atomic mass is 16.2. The molecule has 0 radical (unpaired) electrons. The van der Waals surface area contributed by atoms with Gasteiger partial charge in [-0.2, -0.15) is 5.10 Å². The maximum Gasteiger partial charge on any atom is 0.271 e. The second-order valence-electron chi connectivity index (χ2n) is 4.70. The zero-order chi connectivity index (χ0) is 13.2. The average Bonchev–Trinajstić information content (AvgIpc) is 2.60. The van der Waals surface area contributed by atoms with Crippen LogP contribution in [0.5, 0.6) is 0 Å². The zero-order valence-corrected chi connectivity index (χ0v) is 10.7. The Morgan fingerprint density at radius 3 is 2.58 bits per heavy atom. The van der Waals surface area contributed by atoms with Gasteiger partial charge in [0.1, 0.15) is 0 Å². The lowest BCUT2D eigenvalue weighted by Crippen LogP contribution is -2.17. The SMILES string of the molecule is Cc1ccc(C2=NNC(=O)c3ccccc3C2)cc1. The van der Waals surface area contributed by atoms with E-state index in [1.54, 1.807) is 0 Å². The summed E-state index contributed by atoms with van der Waals surface area (Å²) in [5.41, 5.74) is 7.47. The minimum atomic E-state index is -0.141. The van der Waals surface area contributed by atoms with E-state index >= 15 is 0 Å². The highest BCUT2D eigenvalue weighted by Crippen LogP contribution is 2.16. The number of fused-ring (bicyclic) bond motifs is 1. The van der Waals surface area contributed by atoms with Gasteiger partial charge < -0.3 is 0 Å². The topological polar surface area (TPSA) is 41.5 Å². The summed E-state index contributed by atoms with van der Waals surface area (Å²) in [7, 11) is 0. The van der Waals surface area contributed by atoms with Gasteiger partial charge in [0.05, 0.1) is 5.71 Å². The number of benzene rings is 2. The Morgan fingerprint density at radius 2 is 1.79 bits per heavy atom. The fraction of sp³-hybridized carbons (Fsp3) is 0.125. The van der Waals surface area contributed by atoms with Crippen LogP contribution in [0.3, 0.4) is 0 Å². The van der Waals surface area contributed by atoms with Crippen molar-refractivity contribution in [3.8, 4) is 0 Å². The van der Waals surface area contributed by atoms with Crippen molar-refractivity contribution in [2.75, 3.05) is 0 Å². The van der Waals surface area contributed by atoms with Crippen LogP contribution in [0, 0.1) is 6.92 Å². The van der Waals surface area contributed by atoms with Gasteiger partial charge in [-0.15, -0.1) is 0 Å². The standard InChI is InChI=1S/C16H14N2O/c1-11-6-8-12(9-7-11)15-10-13-4-2-3-5-14(13)16(19)18-17-15/h2-9H,10H2,1H3,(H,18,19). The van der Waals surface area contributed by atoms with Crippen molar-refractivity contribution in [3.63, 3.8) is 0 Å². The monoisotopic (exact) mass is 250 g/mol. The van der Waals surface area contributed by atoms with Crippen molar-refractivity contribution in [1.29, 1.82) is 0 Å². The molecule has 0 atom stereocenters. The first-order chi connectivity index (χ1) is 9.24. The highest BCUT2D eigenvalue weighted by molar-refractivity contribution is 6.07. The first kappa shape index (κ1) is 11.7. The van der Waals surface area contributed by atoms with Crippen molar-refractivity contribution in [3.05, 3.63) is 70.8 Å². The number of amides is 1. The Kier molecular flexibility index (Phi) is 2.88. The van der Waals surface area contributed by atoms with Crippen LogP contribution in [-0.2, 0) is 6.42 Å². The summed E-state index contributed by atoms with van der Waals surface area (Å²) in [5.74, 6) is -0.141. The van der Waals surface area contributed by atoms with E-state index < -0.39 is 0 Å². The van der Waals surface area contributed by atoms with Crippen molar-refractivity contribution in [1.82, 2.24) is 5.43 Å². The van der Waals surface area contributed by atoms with E-state index in [0.29, 0.717) is 12.0 Å². The van der Waals surface area contributed by atoms with Gasteiger partial charge in [0.15, 0.2) is 0 Å². The third kappa shape index (κ3) is 2.27. The maximum atomic E-state index is 11.9. The predicted octanol–water partition coefficient (Wildman–Crippen LogP) is 2.69. The van der Waals surface area contributed by atoms with Crippen molar-refractivity contribution >= 4 is 11.6 Å². The van der Waals surface area contributed by atoms with Gasteiger partial charge in [-0.25, -0.2) is 5.43 Å². The molecule has 3 rings (SSSR count). The number of nitrogens with zero attached hydrogens (tertiary/aromatic N) is 1. The molecule has 3 heteroatoms. The maximum absolute atomic E-state index is 11.9. The number of carbonyl (C=O) groups excluding carboxylic acids is 1. The number of rotatable bonds is 1. The number of nitrogens with one attached hydrogen (secondary N) is 1. The lowest BCUT2D eigenvalue weighted by molar-refractivity contribution is 0.0955. The van der Waals surface area contributed by atoms with Crippen LogP contribution < -0.4 is 5.43 Å². The second-order valence-corrected chi connectivity index (χ2v) is 4.70. The van der Waals surface area contributed by atoms with Gasteiger partial charge in [-0.1, -0.05) is 48.0 Å². The normalized spacial score (nSPS) is 14.2. The summed E-state index contributed by atoms with van der Waals surface area (Å²) in [5, 5.41) is 4.24. The fourth-order valence-electron chi connectivity index (χ4n) is 2.21. The molecule has 0 aliphatic carbocycles. The highest BCUT2D eigenvalue weighted by Gasteiger charge is 2.17. The first-order valence-electron chi connectivity index (χ1n) is 6.26. The summed E-state index contributed by atoms with van der Waals surface area (Å²) in [4.78, 5) is 11.9. The molecule has 0 bridgehead atoms. The largest absolute Gasteiger partial charge is 0.271 e. The van der Waals surface area contributed by atoms with E-state index in [1.807, 2.05) is 36.4 Å². The molecule has 0 saturated carbocycles. The van der Waals surface area contributed by atoms with Crippen LogP contribution in [0.4, 0.5) is 0 Å². The minimum Gasteiger partial charge on any atom is -0.267 e. The van der Waals surface area contributed by atoms with Gasteiger partial charge in [-0.3, -0.25) is 4.79 Å². The van der Waals surface area contributed by atoms with Crippen LogP contribution in [0.15, 0.2) is 53.6 Å². The molecule has 0 aromatic heterocycles. The molecule has 94 valence electrons. The van der Waals surface area contributed by atoms with E-state index in [2.05, 4.69) is 29.6 Å². The molecule has 2 aromatic rings. The summed E-state index contributed by atoms with van der Waals surface area (Å²) in [6, 6.07) is 15.8. The number of hydrogen-bond acceptors (Lipinski definition) is 2. The van der Waals surface area contributed by atoms with Crippen molar-refractivity contribution in [2.24, 2.45) is 5.10 Å². The Hall–Kier alpha value is -2.42. The first-order valence-corrected chi connectivity index (χ1v) is 6.26. The summed E-state index contributed by atoms with van der Waals surface area (Å²) >= 11 is 0. The van der Waals surface area contributed by atoms with E-state index in [9.17, 15) is 4.79 Å². The molecule has 0 spiro atoms. The van der Waals surface area contributed by atoms with Crippen molar-refractivity contribution in [2.45, 2.75) is 13.3 Å². The molecule has 3 nitrogen and oxygen atoms in total. The summed E-state index contributed by atoms with van der Waals surface area (Å²) in [6.07, 6.45) is 0.665. The molecular weight excluding hydrogens is 236 g/mol. The van der Waals surface area contributed by atoms with E-state index in [0.717, 1.165) is 16.8 Å². The van der Waals surface area contributed by atoms with Crippen LogP contribution in [0.25, 0.3) is 0 Å². The Bertz CT molecular complexity index is 657. The third-order valence-electron chi connectivity index (χ3n) is 3.30. The molecular formula is C16H14N2O. The Morgan fingerprint density at radius 1 is 1.05 bits per heavy atom. The van der Waals surface area contributed by atoms with Crippen molar-refractivity contribution < 1.29 is 4.79 Å². The van der Waals surface area contributed by atoms with Crippen LogP contribution in [-0.4, -0.2) is 11.6 Å². The molecule has 1 heterocycles. The lowest BCUT2D eigenvalue weighted by atomic mass is 9.98. The molecule has 1 aliphatic heterocycles. The van der Waals surface area contributed by atoms with E-state index in [-0.39, 0.29) is 5.91 Å². The van der Waals surface area contributed by atoms with Gasteiger partial charge in [-0.05, 0) is 24.1 Å². The minimum absolute atomic E-state index is 0.141. The van der Waals surface area contributed by atoms with Crippen LogP contribution in [0.2, 0.25) is 0 Å². The van der Waals surface area contributed by atoms with Gasteiger partial charge in [0.25, 0.3) is 5.91 Å². The van der Waals surface area contributed by atoms with Crippen LogP contribution in [0.1, 0.15) is 27.0 Å². The fourth-order valence-corrected chi connectivity index (χ4v) is 2.21.